The van der Waals surface area contributed by atoms with E-state index in [4.69, 9.17) is 0 Å². The molecule has 0 aliphatic rings. The number of hydrogen-bond acceptors (Lipinski definition) is 8. The topological polar surface area (TPSA) is 173 Å². The van der Waals surface area contributed by atoms with Gasteiger partial charge in [0.25, 0.3) is 5.92 Å². The van der Waals surface area contributed by atoms with Gasteiger partial charge in [-0.15, -0.1) is 0 Å². The highest BCUT2D eigenvalue weighted by Crippen LogP contribution is 2.36. The summed E-state index contributed by atoms with van der Waals surface area (Å²) >= 11 is 0. The molecule has 24 heavy (non-hydrogen) atoms. The minimum Gasteiger partial charge on any atom is -0.265 e. The third-order valence-electron chi connectivity index (χ3n) is 3.69. The smallest absolute Gasteiger partial charge is 0.265 e. The lowest BCUT2D eigenvalue weighted by Crippen LogP contribution is -2.59. The Labute approximate surface area is 134 Å². The van der Waals surface area contributed by atoms with Crippen LogP contribution in [-0.4, -0.2) is 32.0 Å². The first-order valence-corrected chi connectivity index (χ1v) is 6.59. The predicted octanol–water partition coefficient (Wildman–Crippen LogP) is 1.46. The molecule has 0 aromatic heterocycles. The van der Waals surface area contributed by atoms with Crippen molar-refractivity contribution in [2.75, 3.05) is 6.54 Å². The van der Waals surface area contributed by atoms with Crippen LogP contribution in [0.3, 0.4) is 0 Å². The molecule has 0 fully saturated rings. The van der Waals surface area contributed by atoms with Gasteiger partial charge in [-0.2, -0.15) is 0 Å². The second-order valence-corrected chi connectivity index (χ2v) is 5.34. The molecule has 0 N–H and O–H groups in total. The van der Waals surface area contributed by atoms with Crippen LogP contribution in [0, 0.1) is 61.2 Å². The number of nitro groups is 4. The normalized spacial score (nSPS) is 12.5. The fourth-order valence-electron chi connectivity index (χ4n) is 2.88. The lowest BCUT2D eigenvalue weighted by atomic mass is 9.85. The molecular weight excluding hydrogens is 328 g/mol. The summed E-state index contributed by atoms with van der Waals surface area (Å²) in [5.41, 5.74) is 1.12. The largest absolute Gasteiger partial charge is 0.713 e. The fourth-order valence-corrected chi connectivity index (χ4v) is 2.88. The zero-order chi connectivity index (χ0) is 18.8. The van der Waals surface area contributed by atoms with Crippen LogP contribution in [-0.2, 0) is 0 Å². The van der Waals surface area contributed by atoms with Gasteiger partial charge in [-0.05, 0) is 37.5 Å². The third-order valence-corrected chi connectivity index (χ3v) is 3.69. The molecule has 0 aliphatic heterocycles. The number of rotatable bonds is 7. The summed E-state index contributed by atoms with van der Waals surface area (Å²) in [6.45, 7) is 3.24. The Morgan fingerprint density at radius 3 is 1.54 bits per heavy atom. The van der Waals surface area contributed by atoms with E-state index in [1.807, 2.05) is 0 Å². The molecule has 1 unspecified atom stereocenters. The summed E-state index contributed by atoms with van der Waals surface area (Å²) in [5, 5.41) is 44.8. The highest BCUT2D eigenvalue weighted by atomic mass is 16.7. The minimum absolute atomic E-state index is 0.137. The Hall–Kier alpha value is -3.18. The van der Waals surface area contributed by atoms with Gasteiger partial charge in [0.2, 0.25) is 6.54 Å². The number of nitrogens with zero attached hydrogens (tertiary/aromatic N) is 4. The summed E-state index contributed by atoms with van der Waals surface area (Å²) in [6, 6.07) is 3.00. The molecular formula is C12H14N4O8. The van der Waals surface area contributed by atoms with Crippen molar-refractivity contribution in [1.82, 2.24) is 0 Å². The second kappa shape index (κ2) is 6.52. The van der Waals surface area contributed by atoms with Gasteiger partial charge in [-0.3, -0.25) is 40.5 Å². The van der Waals surface area contributed by atoms with Crippen LogP contribution < -0.4 is 0 Å². The molecule has 1 aromatic carbocycles. The van der Waals surface area contributed by atoms with E-state index >= 15 is 0 Å². The van der Waals surface area contributed by atoms with Crippen LogP contribution in [0.4, 0.5) is 0 Å². The van der Waals surface area contributed by atoms with E-state index in [1.54, 1.807) is 6.92 Å². The molecule has 0 bridgehead atoms. The first-order chi connectivity index (χ1) is 11.0. The Kier molecular flexibility index (Phi) is 5.12. The molecule has 0 saturated carbocycles. The molecule has 0 spiro atoms. The van der Waals surface area contributed by atoms with Crippen LogP contribution >= 0.6 is 0 Å². The second-order valence-electron chi connectivity index (χ2n) is 5.34. The third kappa shape index (κ3) is 2.98. The van der Waals surface area contributed by atoms with Crippen LogP contribution in [0.15, 0.2) is 12.1 Å². The van der Waals surface area contributed by atoms with Crippen molar-refractivity contribution in [3.05, 3.63) is 74.8 Å². The molecule has 0 amide bonds. The Morgan fingerprint density at radius 1 is 0.875 bits per heavy atom. The van der Waals surface area contributed by atoms with Gasteiger partial charge in [-0.25, -0.2) is 0 Å². The standard InChI is InChI=1S/C12H14N4O8/c1-7-4-8(2)11(9(3)5-7)10(6-13(17)18)12(14(19)20,15(21)22)16(23)24/h4-5,10H,6H2,1-3H3. The maximum absolute atomic E-state index is 11.3. The Balaban J connectivity index is 3.86. The van der Waals surface area contributed by atoms with E-state index in [1.165, 1.54) is 26.0 Å². The van der Waals surface area contributed by atoms with E-state index in [2.05, 4.69) is 0 Å². The molecule has 12 nitrogen and oxygen atoms in total. The SMILES string of the molecule is Cc1cc(C)c(C(C[N+](=O)[O-])C([N+](=O)[O-])([N+](=O)[O-])[N+](=O)[O-])c(C)c1. The van der Waals surface area contributed by atoms with E-state index < -0.39 is 37.9 Å². The van der Waals surface area contributed by atoms with E-state index in [-0.39, 0.29) is 16.7 Å². The first-order valence-electron chi connectivity index (χ1n) is 6.59. The molecule has 0 heterocycles. The molecule has 0 radical (unpaired) electrons. The van der Waals surface area contributed by atoms with Crippen molar-refractivity contribution in [2.24, 2.45) is 0 Å². The van der Waals surface area contributed by atoms with Gasteiger partial charge in [-0.1, -0.05) is 17.7 Å². The minimum atomic E-state index is -3.95. The van der Waals surface area contributed by atoms with Gasteiger partial charge in [0.15, 0.2) is 14.8 Å². The van der Waals surface area contributed by atoms with Crippen molar-refractivity contribution >= 4 is 0 Å². The van der Waals surface area contributed by atoms with E-state index in [0.29, 0.717) is 5.56 Å². The van der Waals surface area contributed by atoms with Gasteiger partial charge in [0.1, 0.15) is 0 Å². The van der Waals surface area contributed by atoms with Crippen molar-refractivity contribution < 1.29 is 19.7 Å². The van der Waals surface area contributed by atoms with E-state index in [9.17, 15) is 40.5 Å². The molecule has 1 aromatic rings. The molecule has 0 saturated heterocycles. The van der Waals surface area contributed by atoms with Crippen LogP contribution in [0.2, 0.25) is 0 Å². The fraction of sp³-hybridized carbons (Fsp3) is 0.500. The Bertz CT molecular complexity index is 673. The summed E-state index contributed by atoms with van der Waals surface area (Å²) < 4.78 is 0. The molecule has 1 atom stereocenters. The van der Waals surface area contributed by atoms with Gasteiger partial charge in [0.05, 0.1) is 0 Å². The molecule has 130 valence electrons. The van der Waals surface area contributed by atoms with Gasteiger partial charge in [0, 0.05) is 4.92 Å². The van der Waals surface area contributed by atoms with Crippen molar-refractivity contribution in [3.8, 4) is 0 Å². The predicted molar refractivity (Wildman–Crippen MR) is 79.0 cm³/mol. The number of aryl methyl sites for hydroxylation is 3. The Morgan fingerprint density at radius 2 is 1.25 bits per heavy atom. The zero-order valence-electron chi connectivity index (χ0n) is 13.0. The van der Waals surface area contributed by atoms with Crippen molar-refractivity contribution in [2.45, 2.75) is 32.5 Å². The molecule has 12 heteroatoms. The van der Waals surface area contributed by atoms with Crippen LogP contribution in [0.25, 0.3) is 0 Å². The molecule has 1 rings (SSSR count). The summed E-state index contributed by atoms with van der Waals surface area (Å²) in [6.07, 6.45) is 0. The summed E-state index contributed by atoms with van der Waals surface area (Å²) in [5.74, 6) is -6.12. The number of benzene rings is 1. The van der Waals surface area contributed by atoms with Gasteiger partial charge < -0.3 is 0 Å². The van der Waals surface area contributed by atoms with E-state index in [0.717, 1.165) is 0 Å². The lowest BCUT2D eigenvalue weighted by molar-refractivity contribution is -0.975. The van der Waals surface area contributed by atoms with Crippen molar-refractivity contribution in [3.63, 3.8) is 0 Å². The summed E-state index contributed by atoms with van der Waals surface area (Å²) in [7, 11) is 0. The van der Waals surface area contributed by atoms with Crippen LogP contribution in [0.1, 0.15) is 28.2 Å². The quantitative estimate of drug-likeness (QED) is 0.406. The van der Waals surface area contributed by atoms with Crippen LogP contribution in [0.5, 0.6) is 0 Å². The highest BCUT2D eigenvalue weighted by Gasteiger charge is 2.78. The average molecular weight is 342 g/mol. The average Bonchev–Trinajstić information content (AvgIpc) is 2.35. The summed E-state index contributed by atoms with van der Waals surface area (Å²) in [4.78, 5) is 38.7. The monoisotopic (exact) mass is 342 g/mol. The zero-order valence-corrected chi connectivity index (χ0v) is 13.0. The first kappa shape index (κ1) is 18.9. The molecule has 0 aliphatic carbocycles. The highest BCUT2D eigenvalue weighted by molar-refractivity contribution is 5.40. The lowest BCUT2D eigenvalue weighted by Gasteiger charge is -2.20. The number of hydrogen-bond donors (Lipinski definition) is 0. The van der Waals surface area contributed by atoms with Crippen molar-refractivity contribution in [1.29, 1.82) is 0 Å². The maximum atomic E-state index is 11.3. The maximum Gasteiger partial charge on any atom is 0.713 e. The van der Waals surface area contributed by atoms with Gasteiger partial charge >= 0.3 is 5.79 Å².